The number of anilines is 1. The van der Waals surface area contributed by atoms with E-state index in [1.54, 1.807) is 11.3 Å². The van der Waals surface area contributed by atoms with E-state index in [2.05, 4.69) is 39.7 Å². The summed E-state index contributed by atoms with van der Waals surface area (Å²) in [6.07, 6.45) is 1.84. The first-order chi connectivity index (χ1) is 18.9. The Morgan fingerprint density at radius 2 is 1.85 bits per heavy atom. The van der Waals surface area contributed by atoms with Gasteiger partial charge in [0.2, 0.25) is 0 Å². The molecule has 3 heterocycles. The van der Waals surface area contributed by atoms with Crippen molar-refractivity contribution in [2.75, 3.05) is 31.5 Å². The number of nitrogens with one attached hydrogen (secondary N) is 3. The van der Waals surface area contributed by atoms with Gasteiger partial charge in [0.05, 0.1) is 16.8 Å². The maximum Gasteiger partial charge on any atom is 0.256 e. The maximum absolute atomic E-state index is 13.0. The minimum Gasteiger partial charge on any atom is -0.358 e. The van der Waals surface area contributed by atoms with Crippen LogP contribution in [0.15, 0.2) is 53.9 Å². The molecule has 8 heteroatoms. The van der Waals surface area contributed by atoms with Crippen LogP contribution in [0.5, 0.6) is 0 Å². The Bertz CT molecular complexity index is 1550. The largest absolute Gasteiger partial charge is 0.358 e. The van der Waals surface area contributed by atoms with Crippen LogP contribution < -0.4 is 10.6 Å². The normalized spacial score (nSPS) is 13.7. The average Bonchev–Trinajstić information content (AvgIpc) is 3.63. The lowest BCUT2D eigenvalue weighted by Crippen LogP contribution is -2.35. The molecule has 39 heavy (non-hydrogen) atoms. The molecule has 0 saturated carbocycles. The number of nitrogens with zero attached hydrogens (tertiary/aromatic N) is 2. The van der Waals surface area contributed by atoms with Crippen molar-refractivity contribution in [3.8, 4) is 21.8 Å². The van der Waals surface area contributed by atoms with E-state index >= 15 is 0 Å². The van der Waals surface area contributed by atoms with E-state index in [0.29, 0.717) is 17.7 Å². The van der Waals surface area contributed by atoms with E-state index in [1.807, 2.05) is 68.5 Å². The van der Waals surface area contributed by atoms with Crippen LogP contribution in [-0.4, -0.2) is 52.9 Å². The van der Waals surface area contributed by atoms with Crippen molar-refractivity contribution in [2.24, 2.45) is 0 Å². The van der Waals surface area contributed by atoms with Crippen molar-refractivity contribution in [3.63, 3.8) is 0 Å². The fourth-order valence-corrected chi connectivity index (χ4v) is 5.80. The summed E-state index contributed by atoms with van der Waals surface area (Å²) in [6, 6.07) is 16.0. The van der Waals surface area contributed by atoms with Crippen LogP contribution in [0.4, 0.5) is 5.69 Å². The fourth-order valence-electron chi connectivity index (χ4n) is 4.97. The molecule has 0 radical (unpaired) electrons. The second-order valence-corrected chi connectivity index (χ2v) is 10.5. The molecular weight excluding hydrogens is 506 g/mol. The number of fused-ring (bicyclic) bond motifs is 1. The first-order valence-corrected chi connectivity index (χ1v) is 14.2. The predicted molar refractivity (Wildman–Crippen MR) is 160 cm³/mol. The summed E-state index contributed by atoms with van der Waals surface area (Å²) in [5.41, 5.74) is 8.10. The third-order valence-corrected chi connectivity index (χ3v) is 8.11. The number of carbonyl (C=O) groups is 2. The third-order valence-electron chi connectivity index (χ3n) is 7.22. The van der Waals surface area contributed by atoms with Crippen LogP contribution in [0.25, 0.3) is 33.5 Å². The summed E-state index contributed by atoms with van der Waals surface area (Å²) in [6.45, 7) is 11.3. The number of aromatic nitrogens is 2. The topological polar surface area (TPSA) is 90.1 Å². The van der Waals surface area contributed by atoms with E-state index in [-0.39, 0.29) is 11.8 Å². The molecule has 0 bridgehead atoms. The number of thiazole rings is 1. The van der Waals surface area contributed by atoms with Gasteiger partial charge in [0.25, 0.3) is 11.8 Å². The second-order valence-electron chi connectivity index (χ2n) is 9.62. The number of H-pyrrole nitrogens is 1. The van der Waals surface area contributed by atoms with Gasteiger partial charge in [-0.2, -0.15) is 0 Å². The van der Waals surface area contributed by atoms with Crippen LogP contribution in [0.1, 0.15) is 46.7 Å². The summed E-state index contributed by atoms with van der Waals surface area (Å²) in [5, 5.41) is 8.96. The minimum atomic E-state index is -0.164. The van der Waals surface area contributed by atoms with Gasteiger partial charge in [-0.05, 0) is 56.8 Å². The van der Waals surface area contributed by atoms with Gasteiger partial charge in [-0.15, -0.1) is 11.3 Å². The monoisotopic (exact) mass is 539 g/mol. The van der Waals surface area contributed by atoms with Gasteiger partial charge in [0.15, 0.2) is 0 Å². The van der Waals surface area contributed by atoms with Crippen molar-refractivity contribution in [2.45, 2.75) is 27.7 Å². The predicted octanol–water partition coefficient (Wildman–Crippen LogP) is 5.99. The van der Waals surface area contributed by atoms with E-state index in [0.717, 1.165) is 69.7 Å². The number of likely N-dealkylation sites (N-methyl/N-ethyl adjacent to an activating group) is 1. The zero-order valence-corrected chi connectivity index (χ0v) is 23.5. The molecule has 1 aliphatic heterocycles. The molecule has 1 aliphatic rings. The molecule has 4 aromatic rings. The highest BCUT2D eigenvalue weighted by molar-refractivity contribution is 7.13. The van der Waals surface area contributed by atoms with E-state index < -0.39 is 0 Å². The van der Waals surface area contributed by atoms with Crippen LogP contribution in [0.2, 0.25) is 0 Å². The Labute approximate surface area is 233 Å². The smallest absolute Gasteiger partial charge is 0.256 e. The third kappa shape index (κ3) is 5.44. The fraction of sp³-hybridized carbons (Fsp3) is 0.258. The number of amides is 2. The Morgan fingerprint density at radius 3 is 2.59 bits per heavy atom. The summed E-state index contributed by atoms with van der Waals surface area (Å²) in [4.78, 5) is 36.4. The maximum atomic E-state index is 13.0. The lowest BCUT2D eigenvalue weighted by molar-refractivity contribution is -0.110. The van der Waals surface area contributed by atoms with Crippen LogP contribution in [0.3, 0.4) is 0 Å². The van der Waals surface area contributed by atoms with Gasteiger partial charge in [-0.3, -0.25) is 9.59 Å². The number of aryl methyl sites for hydroxylation is 1. The molecule has 0 spiro atoms. The second kappa shape index (κ2) is 11.4. The van der Waals surface area contributed by atoms with Crippen molar-refractivity contribution >= 4 is 40.5 Å². The SMILES string of the molecule is CCN(CC)CCNC(=O)c1c(C)[nH]c(/C=C2\C(=O)Nc3ccc(-c4nc(-c5ccccc5)cs4)cc32)c1C. The van der Waals surface area contributed by atoms with Crippen molar-refractivity contribution in [1.82, 2.24) is 20.2 Å². The molecule has 0 unspecified atom stereocenters. The Hall–Kier alpha value is -4.01. The molecule has 0 aliphatic carbocycles. The number of aromatic amines is 1. The number of hydrogen-bond donors (Lipinski definition) is 3. The molecule has 0 fully saturated rings. The van der Waals surface area contributed by atoms with Gasteiger partial charge in [0.1, 0.15) is 5.01 Å². The van der Waals surface area contributed by atoms with E-state index in [4.69, 9.17) is 4.98 Å². The summed E-state index contributed by atoms with van der Waals surface area (Å²) < 4.78 is 0. The van der Waals surface area contributed by atoms with E-state index in [9.17, 15) is 9.59 Å². The van der Waals surface area contributed by atoms with Crippen LogP contribution >= 0.6 is 11.3 Å². The van der Waals surface area contributed by atoms with E-state index in [1.165, 1.54) is 0 Å². The molecule has 200 valence electrons. The summed E-state index contributed by atoms with van der Waals surface area (Å²) in [5.74, 6) is -0.266. The van der Waals surface area contributed by atoms with Crippen molar-refractivity contribution in [1.29, 1.82) is 0 Å². The zero-order chi connectivity index (χ0) is 27.5. The minimum absolute atomic E-state index is 0.102. The van der Waals surface area contributed by atoms with Gasteiger partial charge in [-0.1, -0.05) is 44.2 Å². The molecule has 5 rings (SSSR count). The lowest BCUT2D eigenvalue weighted by atomic mass is 10.0. The molecule has 2 aromatic carbocycles. The van der Waals surface area contributed by atoms with Crippen molar-refractivity contribution < 1.29 is 9.59 Å². The average molecular weight is 540 g/mol. The first-order valence-electron chi connectivity index (χ1n) is 13.3. The number of carbonyl (C=O) groups excluding carboxylic acids is 2. The van der Waals surface area contributed by atoms with Crippen LogP contribution in [-0.2, 0) is 4.79 Å². The van der Waals surface area contributed by atoms with Crippen molar-refractivity contribution in [3.05, 3.63) is 82.0 Å². The highest BCUT2D eigenvalue weighted by atomic mass is 32.1. The molecule has 0 atom stereocenters. The number of benzene rings is 2. The Kier molecular flexibility index (Phi) is 7.77. The molecule has 3 N–H and O–H groups in total. The first kappa shape index (κ1) is 26.6. The molecular formula is C31H33N5O2S. The highest BCUT2D eigenvalue weighted by Gasteiger charge is 2.26. The van der Waals surface area contributed by atoms with Crippen LogP contribution in [0, 0.1) is 13.8 Å². The summed E-state index contributed by atoms with van der Waals surface area (Å²) >= 11 is 1.58. The molecule has 2 aromatic heterocycles. The van der Waals surface area contributed by atoms with Gasteiger partial charge in [0, 0.05) is 52.2 Å². The molecule has 7 nitrogen and oxygen atoms in total. The highest BCUT2D eigenvalue weighted by Crippen LogP contribution is 2.38. The molecule has 2 amide bonds. The standard InChI is InChI=1S/C31H33N5O2S/c1-5-36(6-2)15-14-32-30(38)28-19(3)26(33-20(28)4)17-24-23-16-22(12-13-25(23)34-29(24)37)31-35-27(18-39-31)21-10-8-7-9-11-21/h7-13,16-18,33H,5-6,14-15H2,1-4H3,(H,32,38)(H,34,37)/b24-17-. The lowest BCUT2D eigenvalue weighted by Gasteiger charge is -2.18. The van der Waals surface area contributed by atoms with Gasteiger partial charge in [-0.25, -0.2) is 4.98 Å². The number of hydrogen-bond acceptors (Lipinski definition) is 5. The van der Waals surface area contributed by atoms with Gasteiger partial charge < -0.3 is 20.5 Å². The zero-order valence-electron chi connectivity index (χ0n) is 22.7. The summed E-state index contributed by atoms with van der Waals surface area (Å²) in [7, 11) is 0. The Balaban J connectivity index is 1.41. The quantitative estimate of drug-likeness (QED) is 0.228. The van der Waals surface area contributed by atoms with Gasteiger partial charge >= 0.3 is 0 Å². The molecule has 0 saturated heterocycles. The number of rotatable bonds is 9. The Morgan fingerprint density at radius 1 is 1.08 bits per heavy atom.